The highest BCUT2D eigenvalue weighted by Gasteiger charge is 2.25. The predicted octanol–water partition coefficient (Wildman–Crippen LogP) is 3.06. The normalized spacial score (nSPS) is 16.4. The summed E-state index contributed by atoms with van der Waals surface area (Å²) in [6, 6.07) is 11.3. The number of nitrogens with one attached hydrogen (secondary N) is 1. The van der Waals surface area contributed by atoms with Crippen molar-refractivity contribution < 1.29 is 5.11 Å². The van der Waals surface area contributed by atoms with Gasteiger partial charge in [0.1, 0.15) is 12.1 Å². The molecule has 1 aliphatic carbocycles. The summed E-state index contributed by atoms with van der Waals surface area (Å²) >= 11 is 0. The van der Waals surface area contributed by atoms with Crippen molar-refractivity contribution in [3.63, 3.8) is 0 Å². The topological polar surface area (TPSA) is 95.2 Å². The van der Waals surface area contributed by atoms with Gasteiger partial charge in [-0.3, -0.25) is 9.55 Å². The molecule has 168 valence electrons. The molecular formula is C24H26N8O. The Morgan fingerprint density at radius 3 is 2.45 bits per heavy atom. The molecule has 2 fully saturated rings. The van der Waals surface area contributed by atoms with Gasteiger partial charge in [0.15, 0.2) is 17.0 Å². The zero-order valence-corrected chi connectivity index (χ0v) is 18.3. The second-order valence-corrected chi connectivity index (χ2v) is 8.68. The van der Waals surface area contributed by atoms with E-state index in [1.807, 2.05) is 35.0 Å². The number of nitrogens with zero attached hydrogens (tertiary/aromatic N) is 7. The lowest BCUT2D eigenvalue weighted by Crippen LogP contribution is -2.47. The zero-order chi connectivity index (χ0) is 22.2. The maximum Gasteiger partial charge on any atom is 0.229 e. The number of phenols is 1. The highest BCUT2D eigenvalue weighted by molar-refractivity contribution is 5.85. The van der Waals surface area contributed by atoms with Gasteiger partial charge in [0, 0.05) is 44.6 Å². The third-order valence-electron chi connectivity index (χ3n) is 6.34. The molecule has 2 N–H and O–H groups in total. The van der Waals surface area contributed by atoms with Crippen LogP contribution >= 0.6 is 0 Å². The van der Waals surface area contributed by atoms with Gasteiger partial charge in [0.25, 0.3) is 0 Å². The summed E-state index contributed by atoms with van der Waals surface area (Å²) in [5.74, 6) is 2.53. The lowest BCUT2D eigenvalue weighted by atomic mass is 10.2. The fourth-order valence-corrected chi connectivity index (χ4v) is 4.23. The minimum atomic E-state index is 0.288. The van der Waals surface area contributed by atoms with Crippen LogP contribution in [0, 0.1) is 5.92 Å². The van der Waals surface area contributed by atoms with Crippen molar-refractivity contribution in [1.82, 2.24) is 24.5 Å². The summed E-state index contributed by atoms with van der Waals surface area (Å²) < 4.78 is 1.97. The molecule has 2 aliphatic rings. The SMILES string of the molecule is Oc1ccc(N2CCN(c3nc(NCC4CC4)c4ncn(-c5cccnc5)c4n3)CC2)cc1. The van der Waals surface area contributed by atoms with E-state index in [-0.39, 0.29) is 5.75 Å². The molecule has 0 bridgehead atoms. The molecule has 0 amide bonds. The van der Waals surface area contributed by atoms with Crippen LogP contribution in [0.5, 0.6) is 5.75 Å². The average molecular weight is 443 g/mol. The van der Waals surface area contributed by atoms with Gasteiger partial charge in [0.05, 0.1) is 11.9 Å². The highest BCUT2D eigenvalue weighted by Crippen LogP contribution is 2.31. The maximum absolute atomic E-state index is 9.57. The van der Waals surface area contributed by atoms with Crippen LogP contribution in [0.3, 0.4) is 0 Å². The van der Waals surface area contributed by atoms with Gasteiger partial charge < -0.3 is 20.2 Å². The quantitative estimate of drug-likeness (QED) is 0.470. The van der Waals surface area contributed by atoms with Crippen molar-refractivity contribution in [1.29, 1.82) is 0 Å². The number of rotatable bonds is 6. The highest BCUT2D eigenvalue weighted by atomic mass is 16.3. The summed E-state index contributed by atoms with van der Waals surface area (Å²) in [5.41, 5.74) is 3.61. The van der Waals surface area contributed by atoms with Gasteiger partial charge in [-0.25, -0.2) is 4.98 Å². The fraction of sp³-hybridized carbons (Fsp3) is 0.333. The van der Waals surface area contributed by atoms with Crippen LogP contribution in [0.25, 0.3) is 16.9 Å². The number of imidazole rings is 1. The first-order valence-corrected chi connectivity index (χ1v) is 11.4. The number of hydrogen-bond donors (Lipinski definition) is 2. The zero-order valence-electron chi connectivity index (χ0n) is 18.3. The molecule has 1 aliphatic heterocycles. The number of anilines is 3. The van der Waals surface area contributed by atoms with Crippen LogP contribution in [-0.2, 0) is 0 Å². The number of aromatic hydroxyl groups is 1. The Bertz CT molecular complexity index is 1240. The van der Waals surface area contributed by atoms with Crippen molar-refractivity contribution in [3.05, 3.63) is 55.1 Å². The Morgan fingerprint density at radius 2 is 1.73 bits per heavy atom. The number of pyridine rings is 1. The smallest absolute Gasteiger partial charge is 0.229 e. The number of phenolic OH excluding ortho intramolecular Hbond substituents is 1. The molecule has 4 heterocycles. The number of fused-ring (bicyclic) bond motifs is 1. The molecule has 0 atom stereocenters. The molecule has 1 saturated heterocycles. The molecule has 9 nitrogen and oxygen atoms in total. The van der Waals surface area contributed by atoms with Gasteiger partial charge in [-0.05, 0) is 55.2 Å². The Kier molecular flexibility index (Phi) is 4.93. The Balaban J connectivity index is 1.30. The summed E-state index contributed by atoms with van der Waals surface area (Å²) in [4.78, 5) is 23.3. The first kappa shape index (κ1) is 19.8. The maximum atomic E-state index is 9.57. The van der Waals surface area contributed by atoms with E-state index in [1.54, 1.807) is 24.7 Å². The Morgan fingerprint density at radius 1 is 0.939 bits per heavy atom. The molecule has 6 rings (SSSR count). The Labute approximate surface area is 191 Å². The molecule has 0 spiro atoms. The van der Waals surface area contributed by atoms with E-state index in [0.717, 1.165) is 72.9 Å². The van der Waals surface area contributed by atoms with E-state index in [9.17, 15) is 5.11 Å². The molecular weight excluding hydrogens is 416 g/mol. The largest absolute Gasteiger partial charge is 0.508 e. The van der Waals surface area contributed by atoms with Gasteiger partial charge in [-0.1, -0.05) is 0 Å². The van der Waals surface area contributed by atoms with Gasteiger partial charge in [-0.15, -0.1) is 0 Å². The molecule has 9 heteroatoms. The molecule has 33 heavy (non-hydrogen) atoms. The second-order valence-electron chi connectivity index (χ2n) is 8.68. The molecule has 3 aromatic heterocycles. The van der Waals surface area contributed by atoms with Gasteiger partial charge in [0.2, 0.25) is 5.95 Å². The Hall–Kier alpha value is -3.88. The van der Waals surface area contributed by atoms with Crippen LogP contribution in [0.4, 0.5) is 17.5 Å². The standard InChI is InChI=1S/C24H26N8O/c33-20-7-5-18(6-8-20)30-10-12-31(13-11-30)24-28-22(26-14-17-3-4-17)21-23(29-24)32(16-27-21)19-2-1-9-25-15-19/h1-2,5-9,15-17,33H,3-4,10-14H2,(H,26,28,29). The van der Waals surface area contributed by atoms with E-state index in [2.05, 4.69) is 25.1 Å². The number of hydrogen-bond acceptors (Lipinski definition) is 8. The van der Waals surface area contributed by atoms with Crippen molar-refractivity contribution >= 4 is 28.6 Å². The van der Waals surface area contributed by atoms with Crippen LogP contribution in [0.15, 0.2) is 55.1 Å². The molecule has 1 saturated carbocycles. The lowest BCUT2D eigenvalue weighted by molar-refractivity contribution is 0.475. The van der Waals surface area contributed by atoms with Crippen LogP contribution in [0.2, 0.25) is 0 Å². The second kappa shape index (κ2) is 8.23. The monoisotopic (exact) mass is 442 g/mol. The summed E-state index contributed by atoms with van der Waals surface area (Å²) in [6.07, 6.45) is 7.93. The molecule has 0 radical (unpaired) electrons. The van der Waals surface area contributed by atoms with E-state index in [4.69, 9.17) is 9.97 Å². The van der Waals surface area contributed by atoms with E-state index in [0.29, 0.717) is 0 Å². The lowest BCUT2D eigenvalue weighted by Gasteiger charge is -2.36. The van der Waals surface area contributed by atoms with E-state index in [1.165, 1.54) is 12.8 Å². The minimum absolute atomic E-state index is 0.288. The molecule has 0 unspecified atom stereocenters. The van der Waals surface area contributed by atoms with Crippen LogP contribution < -0.4 is 15.1 Å². The third-order valence-corrected chi connectivity index (χ3v) is 6.34. The van der Waals surface area contributed by atoms with E-state index < -0.39 is 0 Å². The van der Waals surface area contributed by atoms with Crippen LogP contribution in [-0.4, -0.2) is 62.3 Å². The number of piperazine rings is 1. The van der Waals surface area contributed by atoms with Crippen molar-refractivity contribution in [2.75, 3.05) is 47.8 Å². The van der Waals surface area contributed by atoms with Gasteiger partial charge in [-0.2, -0.15) is 9.97 Å². The summed E-state index contributed by atoms with van der Waals surface area (Å²) in [6.45, 7) is 4.27. The van der Waals surface area contributed by atoms with E-state index >= 15 is 0 Å². The fourth-order valence-electron chi connectivity index (χ4n) is 4.23. The predicted molar refractivity (Wildman–Crippen MR) is 128 cm³/mol. The molecule has 1 aromatic carbocycles. The van der Waals surface area contributed by atoms with Gasteiger partial charge >= 0.3 is 0 Å². The molecule has 4 aromatic rings. The van der Waals surface area contributed by atoms with Crippen molar-refractivity contribution in [3.8, 4) is 11.4 Å². The summed E-state index contributed by atoms with van der Waals surface area (Å²) in [5, 5.41) is 13.1. The third kappa shape index (κ3) is 4.02. The average Bonchev–Trinajstić information content (AvgIpc) is 3.60. The first-order chi connectivity index (χ1) is 16.2. The van der Waals surface area contributed by atoms with Crippen LogP contribution in [0.1, 0.15) is 12.8 Å². The number of benzene rings is 1. The summed E-state index contributed by atoms with van der Waals surface area (Å²) in [7, 11) is 0. The minimum Gasteiger partial charge on any atom is -0.508 e. The number of aromatic nitrogens is 5. The van der Waals surface area contributed by atoms with Crippen molar-refractivity contribution in [2.45, 2.75) is 12.8 Å². The first-order valence-electron chi connectivity index (χ1n) is 11.4. The van der Waals surface area contributed by atoms with Crippen molar-refractivity contribution in [2.24, 2.45) is 5.92 Å².